The molecule has 9 heteroatoms. The summed E-state index contributed by atoms with van der Waals surface area (Å²) in [5.74, 6) is -0.302. The lowest BCUT2D eigenvalue weighted by atomic mass is 9.82. The number of hydrogen-bond acceptors (Lipinski definition) is 7. The van der Waals surface area contributed by atoms with Crippen molar-refractivity contribution in [3.63, 3.8) is 0 Å². The third-order valence-corrected chi connectivity index (χ3v) is 4.70. The molecule has 1 aliphatic carbocycles. The van der Waals surface area contributed by atoms with Crippen LogP contribution in [0.25, 0.3) is 11.4 Å². The zero-order valence-corrected chi connectivity index (χ0v) is 15.9. The molecule has 4 rings (SSSR count). The van der Waals surface area contributed by atoms with E-state index in [1.165, 1.54) is 0 Å². The van der Waals surface area contributed by atoms with E-state index in [4.69, 9.17) is 28.9 Å². The molecular weight excluding hydrogens is 401 g/mol. The molecular formula is C19H13Cl2N5O2. The Hall–Kier alpha value is -2.87. The number of ketones is 2. The van der Waals surface area contributed by atoms with Crippen LogP contribution in [0.1, 0.15) is 31.8 Å². The molecule has 0 fully saturated rings. The Morgan fingerprint density at radius 1 is 0.821 bits per heavy atom. The van der Waals surface area contributed by atoms with Crippen LogP contribution in [0.4, 0.5) is 5.69 Å². The molecule has 0 saturated heterocycles. The van der Waals surface area contributed by atoms with E-state index >= 15 is 0 Å². The predicted molar refractivity (Wildman–Crippen MR) is 106 cm³/mol. The number of benzene rings is 2. The molecule has 0 aliphatic heterocycles. The number of halogens is 2. The summed E-state index contributed by atoms with van der Waals surface area (Å²) in [6.45, 7) is 0.694. The van der Waals surface area contributed by atoms with Gasteiger partial charge in [0, 0.05) is 35.3 Å². The third kappa shape index (κ3) is 3.03. The van der Waals surface area contributed by atoms with Gasteiger partial charge >= 0.3 is 0 Å². The maximum atomic E-state index is 13.2. The monoisotopic (exact) mass is 413 g/mol. The second-order valence-electron chi connectivity index (χ2n) is 6.03. The second kappa shape index (κ2) is 7.27. The van der Waals surface area contributed by atoms with E-state index in [1.54, 1.807) is 36.4 Å². The summed E-state index contributed by atoms with van der Waals surface area (Å²) in [5.41, 5.74) is 7.79. The number of carbonyl (C=O) groups is 2. The fourth-order valence-electron chi connectivity index (χ4n) is 3.20. The van der Waals surface area contributed by atoms with Gasteiger partial charge in [-0.05, 0) is 35.3 Å². The lowest BCUT2D eigenvalue weighted by Gasteiger charge is -2.22. The Morgan fingerprint density at radius 2 is 1.43 bits per heavy atom. The summed E-state index contributed by atoms with van der Waals surface area (Å²) >= 11 is 11.8. The van der Waals surface area contributed by atoms with Crippen molar-refractivity contribution in [3.05, 3.63) is 69.2 Å². The molecule has 0 saturated carbocycles. The molecule has 2 aromatic carbocycles. The van der Waals surface area contributed by atoms with Crippen LogP contribution >= 0.6 is 23.2 Å². The highest BCUT2D eigenvalue weighted by Gasteiger charge is 2.33. The molecule has 7 nitrogen and oxygen atoms in total. The van der Waals surface area contributed by atoms with E-state index < -0.39 is 0 Å². The topological polar surface area (TPSA) is 111 Å². The van der Waals surface area contributed by atoms with Crippen molar-refractivity contribution in [1.29, 1.82) is 0 Å². The predicted octanol–water partition coefficient (Wildman–Crippen LogP) is 2.99. The Balaban J connectivity index is 1.98. The normalized spacial score (nSPS) is 12.5. The molecule has 0 amide bonds. The number of fused-ring (bicyclic) bond motifs is 2. The van der Waals surface area contributed by atoms with Crippen LogP contribution in [-0.4, -0.2) is 39.6 Å². The molecule has 28 heavy (non-hydrogen) atoms. The number of rotatable bonds is 4. The number of nitrogens with one attached hydrogen (secondary N) is 1. The van der Waals surface area contributed by atoms with Crippen LogP contribution in [0, 0.1) is 0 Å². The number of carbonyl (C=O) groups excluding carboxylic acids is 2. The van der Waals surface area contributed by atoms with Gasteiger partial charge < -0.3 is 11.1 Å². The fourth-order valence-corrected chi connectivity index (χ4v) is 3.56. The summed E-state index contributed by atoms with van der Waals surface area (Å²) in [4.78, 5) is 38.1. The molecule has 0 radical (unpaired) electrons. The van der Waals surface area contributed by atoms with Gasteiger partial charge in [-0.1, -0.05) is 24.3 Å². The van der Waals surface area contributed by atoms with Gasteiger partial charge in [-0.15, -0.1) is 0 Å². The summed E-state index contributed by atoms with van der Waals surface area (Å²) in [5, 5.41) is 2.97. The van der Waals surface area contributed by atoms with Crippen molar-refractivity contribution in [2.75, 3.05) is 18.4 Å². The first kappa shape index (κ1) is 18.5. The Kier molecular flexibility index (Phi) is 4.80. The summed E-state index contributed by atoms with van der Waals surface area (Å²) in [7, 11) is 0. The Morgan fingerprint density at radius 3 is 2.07 bits per heavy atom. The second-order valence-corrected chi connectivity index (χ2v) is 6.70. The maximum absolute atomic E-state index is 13.2. The molecule has 3 N–H and O–H groups in total. The van der Waals surface area contributed by atoms with Gasteiger partial charge in [0.25, 0.3) is 0 Å². The molecule has 1 heterocycles. The number of hydrogen-bond donors (Lipinski definition) is 2. The lowest BCUT2D eigenvalue weighted by Crippen LogP contribution is -2.24. The quantitative estimate of drug-likeness (QED) is 0.528. The van der Waals surface area contributed by atoms with Gasteiger partial charge in [0.2, 0.25) is 10.6 Å². The Labute approximate surface area is 169 Å². The van der Waals surface area contributed by atoms with Gasteiger partial charge in [0.05, 0.1) is 11.3 Å². The molecule has 0 spiro atoms. The van der Waals surface area contributed by atoms with Crippen molar-refractivity contribution in [2.24, 2.45) is 5.73 Å². The van der Waals surface area contributed by atoms with Gasteiger partial charge in [-0.3, -0.25) is 9.59 Å². The molecule has 1 aliphatic rings. The molecule has 140 valence electrons. The fraction of sp³-hybridized carbons (Fsp3) is 0.105. The number of nitrogens with zero attached hydrogens (tertiary/aromatic N) is 3. The molecule has 0 atom stereocenters. The van der Waals surface area contributed by atoms with Crippen molar-refractivity contribution >= 4 is 40.5 Å². The molecule has 3 aromatic rings. The SMILES string of the molecule is NCCNc1c(-c2nc(Cl)nc(Cl)n2)ccc2c1C(=O)c1ccccc1C2=O. The van der Waals surface area contributed by atoms with Gasteiger partial charge in [-0.2, -0.15) is 15.0 Å². The summed E-state index contributed by atoms with van der Waals surface area (Å²) in [6.07, 6.45) is 0. The van der Waals surface area contributed by atoms with Gasteiger partial charge in [0.1, 0.15) is 0 Å². The Bertz CT molecular complexity index is 1110. The van der Waals surface area contributed by atoms with Crippen LogP contribution in [-0.2, 0) is 0 Å². The van der Waals surface area contributed by atoms with Crippen molar-refractivity contribution in [1.82, 2.24) is 15.0 Å². The average Bonchev–Trinajstić information content (AvgIpc) is 2.69. The summed E-state index contributed by atoms with van der Waals surface area (Å²) in [6, 6.07) is 9.96. The first-order valence-electron chi connectivity index (χ1n) is 8.38. The summed E-state index contributed by atoms with van der Waals surface area (Å²) < 4.78 is 0. The van der Waals surface area contributed by atoms with E-state index in [0.29, 0.717) is 41.0 Å². The van der Waals surface area contributed by atoms with E-state index in [9.17, 15) is 9.59 Å². The van der Waals surface area contributed by atoms with Crippen LogP contribution in [0.5, 0.6) is 0 Å². The first-order valence-corrected chi connectivity index (χ1v) is 9.13. The van der Waals surface area contributed by atoms with Crippen LogP contribution in [0.2, 0.25) is 10.6 Å². The number of aromatic nitrogens is 3. The zero-order valence-electron chi connectivity index (χ0n) is 14.4. The first-order chi connectivity index (χ1) is 13.5. The van der Waals surface area contributed by atoms with Crippen molar-refractivity contribution in [3.8, 4) is 11.4 Å². The molecule has 1 aromatic heterocycles. The zero-order chi connectivity index (χ0) is 19.8. The largest absolute Gasteiger partial charge is 0.383 e. The van der Waals surface area contributed by atoms with E-state index in [-0.39, 0.29) is 33.5 Å². The maximum Gasteiger partial charge on any atom is 0.227 e. The molecule has 0 bridgehead atoms. The lowest BCUT2D eigenvalue weighted by molar-refractivity contribution is 0.0979. The number of anilines is 1. The third-order valence-electron chi connectivity index (χ3n) is 4.36. The van der Waals surface area contributed by atoms with E-state index in [1.807, 2.05) is 0 Å². The highest BCUT2D eigenvalue weighted by Crippen LogP contribution is 2.37. The smallest absolute Gasteiger partial charge is 0.227 e. The minimum Gasteiger partial charge on any atom is -0.383 e. The highest BCUT2D eigenvalue weighted by atomic mass is 35.5. The van der Waals surface area contributed by atoms with Crippen LogP contribution in [0.3, 0.4) is 0 Å². The number of nitrogens with two attached hydrogens (primary N) is 1. The standard InChI is InChI=1S/C19H13Cl2N5O2/c20-18-24-17(25-19(21)26-18)12-6-5-11-13(14(12)23-8-7-22)16(28)10-4-2-1-3-9(10)15(11)27/h1-6,23H,7-8,22H2. The van der Waals surface area contributed by atoms with Crippen LogP contribution in [0.15, 0.2) is 36.4 Å². The minimum atomic E-state index is -0.266. The van der Waals surface area contributed by atoms with E-state index in [0.717, 1.165) is 0 Å². The average molecular weight is 414 g/mol. The highest BCUT2D eigenvalue weighted by molar-refractivity contribution is 6.32. The van der Waals surface area contributed by atoms with Crippen molar-refractivity contribution in [2.45, 2.75) is 0 Å². The van der Waals surface area contributed by atoms with Gasteiger partial charge in [-0.25, -0.2) is 0 Å². The van der Waals surface area contributed by atoms with Crippen molar-refractivity contribution < 1.29 is 9.59 Å². The minimum absolute atomic E-state index is 0.0785. The van der Waals surface area contributed by atoms with Gasteiger partial charge in [0.15, 0.2) is 17.4 Å². The van der Waals surface area contributed by atoms with E-state index in [2.05, 4.69) is 20.3 Å². The van der Waals surface area contributed by atoms with Crippen LogP contribution < -0.4 is 11.1 Å². The molecule has 0 unspecified atom stereocenters.